The van der Waals surface area contributed by atoms with E-state index in [1.54, 1.807) is 19.6 Å². The van der Waals surface area contributed by atoms with Gasteiger partial charge in [0.2, 0.25) is 11.8 Å². The van der Waals surface area contributed by atoms with Crippen molar-refractivity contribution in [1.82, 2.24) is 20.2 Å². The lowest BCUT2D eigenvalue weighted by Crippen LogP contribution is -2.32. The molecule has 3 aliphatic heterocycles. The van der Waals surface area contributed by atoms with E-state index in [0.717, 1.165) is 53.7 Å². The van der Waals surface area contributed by atoms with E-state index in [0.29, 0.717) is 37.2 Å². The van der Waals surface area contributed by atoms with Crippen molar-refractivity contribution in [2.24, 2.45) is 0 Å². The Bertz CT molecular complexity index is 1330. The second-order valence-electron chi connectivity index (χ2n) is 9.21. The number of allylic oxidation sites excluding steroid dienone is 4. The molecule has 10 heteroatoms. The van der Waals surface area contributed by atoms with Crippen LogP contribution in [0, 0.1) is 0 Å². The number of pyridine rings is 2. The Morgan fingerprint density at radius 2 is 2.22 bits per heavy atom. The van der Waals surface area contributed by atoms with Crippen LogP contribution in [0.2, 0.25) is 0 Å². The number of aromatic nitrogens is 2. The summed E-state index contributed by atoms with van der Waals surface area (Å²) in [5.41, 5.74) is 3.74. The van der Waals surface area contributed by atoms with Crippen molar-refractivity contribution in [3.05, 3.63) is 71.9 Å². The Balaban J connectivity index is 1.02. The van der Waals surface area contributed by atoms with Crippen molar-refractivity contribution < 1.29 is 28.5 Å². The second-order valence-corrected chi connectivity index (χ2v) is 9.21. The molecule has 6 rings (SSSR count). The predicted octanol–water partition coefficient (Wildman–Crippen LogP) is 3.88. The van der Waals surface area contributed by atoms with Gasteiger partial charge in [0.25, 0.3) is 0 Å². The van der Waals surface area contributed by atoms with Crippen LogP contribution in [0.3, 0.4) is 0 Å². The molecule has 0 radical (unpaired) electrons. The third kappa shape index (κ3) is 4.72. The summed E-state index contributed by atoms with van der Waals surface area (Å²) in [6.45, 7) is 2.21. The molecular formula is C27H28N4O6. The van der Waals surface area contributed by atoms with Gasteiger partial charge in [0.05, 0.1) is 32.0 Å². The zero-order chi connectivity index (χ0) is 25.2. The van der Waals surface area contributed by atoms with Crippen molar-refractivity contribution in [1.29, 1.82) is 0 Å². The second kappa shape index (κ2) is 10.1. The van der Waals surface area contributed by atoms with Crippen molar-refractivity contribution in [3.8, 4) is 11.6 Å². The summed E-state index contributed by atoms with van der Waals surface area (Å²) in [7, 11) is 1.60. The fourth-order valence-corrected chi connectivity index (χ4v) is 4.91. The van der Waals surface area contributed by atoms with E-state index in [2.05, 4.69) is 21.4 Å². The Labute approximate surface area is 214 Å². The first-order chi connectivity index (χ1) is 18.2. The average molecular weight is 505 g/mol. The highest BCUT2D eigenvalue weighted by Gasteiger charge is 2.36. The number of hydrogen-bond acceptors (Lipinski definition) is 9. The highest BCUT2D eigenvalue weighted by atomic mass is 16.6. The molecule has 10 nitrogen and oxygen atoms in total. The average Bonchev–Trinajstić information content (AvgIpc) is 3.54. The molecule has 2 atom stereocenters. The summed E-state index contributed by atoms with van der Waals surface area (Å²) in [5, 5.41) is 3.42. The van der Waals surface area contributed by atoms with Crippen molar-refractivity contribution in [2.45, 2.75) is 31.3 Å². The van der Waals surface area contributed by atoms with Gasteiger partial charge in [-0.2, -0.15) is 0 Å². The minimum Gasteiger partial charge on any atom is -0.491 e. The molecule has 1 saturated heterocycles. The topological polar surface area (TPSA) is 104 Å². The molecule has 4 aliphatic rings. The van der Waals surface area contributed by atoms with Gasteiger partial charge in [0.1, 0.15) is 23.6 Å². The quantitative estimate of drug-likeness (QED) is 0.536. The van der Waals surface area contributed by atoms with Crippen molar-refractivity contribution in [3.63, 3.8) is 0 Å². The first kappa shape index (κ1) is 23.4. The summed E-state index contributed by atoms with van der Waals surface area (Å²) in [6, 6.07) is 3.72. The molecule has 1 N–H and O–H groups in total. The maximum atomic E-state index is 12.5. The molecule has 0 unspecified atom stereocenters. The van der Waals surface area contributed by atoms with Gasteiger partial charge in [-0.3, -0.25) is 4.98 Å². The molecule has 5 heterocycles. The Morgan fingerprint density at radius 1 is 1.27 bits per heavy atom. The van der Waals surface area contributed by atoms with Crippen LogP contribution in [0.25, 0.3) is 11.0 Å². The van der Waals surface area contributed by atoms with E-state index in [-0.39, 0.29) is 12.0 Å². The van der Waals surface area contributed by atoms with Crippen LogP contribution < -0.4 is 14.8 Å². The molecule has 2 aromatic heterocycles. The summed E-state index contributed by atoms with van der Waals surface area (Å²) in [6.07, 6.45) is 12.8. The van der Waals surface area contributed by atoms with Gasteiger partial charge >= 0.3 is 6.09 Å². The Morgan fingerprint density at radius 3 is 3.08 bits per heavy atom. The molecule has 0 saturated carbocycles. The van der Waals surface area contributed by atoms with Gasteiger partial charge in [0, 0.05) is 24.1 Å². The summed E-state index contributed by atoms with van der Waals surface area (Å²) in [4.78, 5) is 23.1. The lowest BCUT2D eigenvalue weighted by molar-refractivity contribution is 0.118. The summed E-state index contributed by atoms with van der Waals surface area (Å²) >= 11 is 0. The molecule has 0 bridgehead atoms. The van der Waals surface area contributed by atoms with E-state index < -0.39 is 6.09 Å². The maximum absolute atomic E-state index is 12.5. The Kier molecular flexibility index (Phi) is 6.40. The number of nitrogens with one attached hydrogen (secondary N) is 1. The third-order valence-corrected chi connectivity index (χ3v) is 6.82. The van der Waals surface area contributed by atoms with Crippen LogP contribution in [0.1, 0.15) is 30.7 Å². The fourth-order valence-electron chi connectivity index (χ4n) is 4.91. The first-order valence-electron chi connectivity index (χ1n) is 12.4. The number of methoxy groups -OCH3 is 1. The molecule has 1 aliphatic carbocycles. The standard InChI is InChI=1S/C27H28N4O6/c1-33-23-8-7-20-26(30-23)25-18(14-35-21(25)12-29-20)9-10-28-11-19-13-31(27(32)36-19)24-16-34-15-22(37-24)17-5-3-2-4-6-17/h2-3,5,7-8,12,15-16,18-19,28H,4,6,9-11,13-14H2,1H3/t18-,19+/m0/s1. The number of nitrogens with zero attached hydrogens (tertiary/aromatic N) is 3. The minimum absolute atomic E-state index is 0.183. The molecule has 1 fully saturated rings. The molecule has 192 valence electrons. The first-order valence-corrected chi connectivity index (χ1v) is 12.4. The van der Waals surface area contributed by atoms with Crippen LogP contribution in [0.5, 0.6) is 11.6 Å². The number of carbonyl (C=O) groups is 1. The van der Waals surface area contributed by atoms with Gasteiger partial charge in [-0.25, -0.2) is 14.7 Å². The third-order valence-electron chi connectivity index (χ3n) is 6.82. The van der Waals surface area contributed by atoms with E-state index in [9.17, 15) is 4.79 Å². The van der Waals surface area contributed by atoms with E-state index in [1.165, 1.54) is 11.2 Å². The van der Waals surface area contributed by atoms with Crippen molar-refractivity contribution in [2.75, 3.05) is 33.4 Å². The molecule has 0 aromatic carbocycles. The molecule has 2 aromatic rings. The number of fused-ring (bicyclic) bond motifs is 3. The van der Waals surface area contributed by atoms with E-state index in [4.69, 9.17) is 23.7 Å². The van der Waals surface area contributed by atoms with Crippen molar-refractivity contribution >= 4 is 17.1 Å². The molecule has 37 heavy (non-hydrogen) atoms. The van der Waals surface area contributed by atoms with Gasteiger partial charge in [-0.1, -0.05) is 18.2 Å². The largest absolute Gasteiger partial charge is 0.491 e. The number of rotatable bonds is 8. The smallest absolute Gasteiger partial charge is 0.417 e. The van der Waals surface area contributed by atoms with Crippen LogP contribution in [0.4, 0.5) is 4.79 Å². The normalized spacial score (nSPS) is 22.4. The SMILES string of the molecule is COc1ccc2ncc3c(c2n1)[C@@H](CCNC[C@@H]1CN(C2=COC=C(C4=CC=CCC4)O2)C(=O)O1)CO3. The number of cyclic esters (lactones) is 1. The van der Waals surface area contributed by atoms with Gasteiger partial charge < -0.3 is 29.0 Å². The number of carbonyl (C=O) groups excluding carboxylic acids is 1. The maximum Gasteiger partial charge on any atom is 0.417 e. The van der Waals surface area contributed by atoms with Gasteiger partial charge in [-0.05, 0) is 37.4 Å². The number of hydrogen-bond donors (Lipinski definition) is 1. The molecular weight excluding hydrogens is 476 g/mol. The number of amides is 1. The van der Waals surface area contributed by atoms with E-state index >= 15 is 0 Å². The van der Waals surface area contributed by atoms with Gasteiger partial charge in [-0.15, -0.1) is 0 Å². The number of ether oxygens (including phenoxy) is 5. The lowest BCUT2D eigenvalue weighted by atomic mass is 9.97. The highest BCUT2D eigenvalue weighted by molar-refractivity contribution is 5.81. The Hall–Kier alpha value is -4.05. The zero-order valence-electron chi connectivity index (χ0n) is 20.5. The minimum atomic E-state index is -0.447. The van der Waals surface area contributed by atoms with Gasteiger partial charge in [0.15, 0.2) is 12.0 Å². The summed E-state index contributed by atoms with van der Waals surface area (Å²) < 4.78 is 28.2. The van der Waals surface area contributed by atoms with Crippen LogP contribution in [-0.4, -0.2) is 60.4 Å². The zero-order valence-corrected chi connectivity index (χ0v) is 20.5. The molecule has 0 spiro atoms. The van der Waals surface area contributed by atoms with Crippen LogP contribution in [-0.2, 0) is 14.2 Å². The predicted molar refractivity (Wildman–Crippen MR) is 134 cm³/mol. The van der Waals surface area contributed by atoms with Crippen LogP contribution in [0.15, 0.2) is 66.3 Å². The van der Waals surface area contributed by atoms with E-state index in [1.807, 2.05) is 24.3 Å². The highest BCUT2D eigenvalue weighted by Crippen LogP contribution is 2.39. The monoisotopic (exact) mass is 504 g/mol. The fraction of sp³-hybridized carbons (Fsp3) is 0.370. The van der Waals surface area contributed by atoms with Crippen LogP contribution >= 0.6 is 0 Å². The summed E-state index contributed by atoms with van der Waals surface area (Å²) in [5.74, 6) is 2.46. The lowest BCUT2D eigenvalue weighted by Gasteiger charge is -2.23. The molecule has 1 amide bonds.